The largest absolute Gasteiger partial charge is 0.416 e. The van der Waals surface area contributed by atoms with E-state index >= 15 is 0 Å². The van der Waals surface area contributed by atoms with Gasteiger partial charge in [-0.05, 0) is 30.5 Å². The zero-order valence-corrected chi connectivity index (χ0v) is 9.96. The fourth-order valence-electron chi connectivity index (χ4n) is 2.25. The molecule has 1 saturated carbocycles. The van der Waals surface area contributed by atoms with Crippen molar-refractivity contribution in [1.82, 2.24) is 0 Å². The molecule has 5 heteroatoms. The van der Waals surface area contributed by atoms with E-state index in [2.05, 4.69) is 0 Å². The maximum atomic E-state index is 12.8. The Morgan fingerprint density at radius 2 is 1.89 bits per heavy atom. The average molecular weight is 259 g/mol. The van der Waals surface area contributed by atoms with Crippen molar-refractivity contribution in [1.29, 1.82) is 0 Å². The molecule has 0 aromatic heterocycles. The molecule has 0 aliphatic heterocycles. The third-order valence-corrected chi connectivity index (χ3v) is 3.22. The van der Waals surface area contributed by atoms with Crippen LogP contribution in [-0.2, 0) is 17.5 Å². The highest BCUT2D eigenvalue weighted by atomic mass is 19.4. The van der Waals surface area contributed by atoms with Gasteiger partial charge in [-0.1, -0.05) is 18.9 Å². The van der Waals surface area contributed by atoms with Gasteiger partial charge in [-0.2, -0.15) is 13.2 Å². The van der Waals surface area contributed by atoms with Crippen LogP contribution >= 0.6 is 0 Å². The van der Waals surface area contributed by atoms with E-state index in [9.17, 15) is 13.2 Å². The zero-order chi connectivity index (χ0) is 13.2. The number of anilines is 1. The molecule has 2 N–H and O–H groups in total. The fraction of sp³-hybridized carbons (Fsp3) is 0.538. The lowest BCUT2D eigenvalue weighted by molar-refractivity contribution is -0.139. The molecule has 0 amide bonds. The number of alkyl halides is 3. The number of halogens is 3. The number of rotatable bonds is 3. The molecular formula is C13H16F3NO. The van der Waals surface area contributed by atoms with Crippen LogP contribution in [0.15, 0.2) is 18.2 Å². The van der Waals surface area contributed by atoms with Gasteiger partial charge in [-0.3, -0.25) is 0 Å². The summed E-state index contributed by atoms with van der Waals surface area (Å²) in [5.74, 6) is 0. The van der Waals surface area contributed by atoms with Crippen LogP contribution in [0.4, 0.5) is 18.9 Å². The highest BCUT2D eigenvalue weighted by Gasteiger charge is 2.33. The van der Waals surface area contributed by atoms with Gasteiger partial charge in [0.05, 0.1) is 18.3 Å². The van der Waals surface area contributed by atoms with Gasteiger partial charge in [-0.25, -0.2) is 0 Å². The van der Waals surface area contributed by atoms with Gasteiger partial charge in [0.2, 0.25) is 0 Å². The Balaban J connectivity index is 2.11. The van der Waals surface area contributed by atoms with Gasteiger partial charge in [0.25, 0.3) is 0 Å². The molecule has 0 saturated heterocycles. The Bertz CT molecular complexity index is 411. The number of nitrogen functional groups attached to an aromatic ring is 1. The van der Waals surface area contributed by atoms with Crippen molar-refractivity contribution in [3.63, 3.8) is 0 Å². The first-order valence-electron chi connectivity index (χ1n) is 6.04. The highest BCUT2D eigenvalue weighted by molar-refractivity contribution is 5.45. The number of ether oxygens (including phenoxy) is 1. The third kappa shape index (κ3) is 3.16. The Labute approximate surface area is 104 Å². The van der Waals surface area contributed by atoms with Crippen LogP contribution in [0.2, 0.25) is 0 Å². The molecule has 100 valence electrons. The molecule has 1 aliphatic carbocycles. The summed E-state index contributed by atoms with van der Waals surface area (Å²) in [7, 11) is 0. The summed E-state index contributed by atoms with van der Waals surface area (Å²) in [5, 5.41) is 0. The molecule has 1 aromatic rings. The topological polar surface area (TPSA) is 35.2 Å². The van der Waals surface area contributed by atoms with Crippen molar-refractivity contribution in [2.45, 2.75) is 44.6 Å². The van der Waals surface area contributed by atoms with Crippen molar-refractivity contribution in [2.24, 2.45) is 0 Å². The summed E-state index contributed by atoms with van der Waals surface area (Å²) in [6.45, 7) is -0.000208. The van der Waals surface area contributed by atoms with Gasteiger partial charge in [0.1, 0.15) is 0 Å². The summed E-state index contributed by atoms with van der Waals surface area (Å²) in [5.41, 5.74) is 4.98. The quantitative estimate of drug-likeness (QED) is 0.839. The van der Waals surface area contributed by atoms with Crippen LogP contribution in [-0.4, -0.2) is 6.10 Å². The third-order valence-electron chi connectivity index (χ3n) is 3.22. The minimum Gasteiger partial charge on any atom is -0.399 e. The minimum absolute atomic E-state index is 0.000208. The van der Waals surface area contributed by atoms with Gasteiger partial charge < -0.3 is 10.5 Å². The van der Waals surface area contributed by atoms with Crippen LogP contribution in [0.3, 0.4) is 0 Å². The first-order chi connectivity index (χ1) is 8.47. The van der Waals surface area contributed by atoms with Gasteiger partial charge in [-0.15, -0.1) is 0 Å². The summed E-state index contributed by atoms with van der Waals surface area (Å²) in [6.07, 6.45) is -0.211. The molecule has 0 radical (unpaired) electrons. The first kappa shape index (κ1) is 13.2. The highest BCUT2D eigenvalue weighted by Crippen LogP contribution is 2.34. The van der Waals surface area contributed by atoms with Crippen LogP contribution in [0.25, 0.3) is 0 Å². The number of benzene rings is 1. The number of hydrogen-bond donors (Lipinski definition) is 1. The normalized spacial score (nSPS) is 17.3. The van der Waals surface area contributed by atoms with Gasteiger partial charge in [0, 0.05) is 5.69 Å². The minimum atomic E-state index is -4.39. The molecule has 2 nitrogen and oxygen atoms in total. The van der Waals surface area contributed by atoms with E-state index in [4.69, 9.17) is 10.5 Å². The standard InChI is InChI=1S/C13H16F3NO/c14-13(15,16)12-7-10(17)6-5-9(12)8-18-11-3-1-2-4-11/h5-7,11H,1-4,8,17H2. The van der Waals surface area contributed by atoms with Crippen LogP contribution < -0.4 is 5.73 Å². The Kier molecular flexibility index (Phi) is 3.80. The Morgan fingerprint density at radius 1 is 1.22 bits per heavy atom. The second-order valence-electron chi connectivity index (χ2n) is 4.63. The predicted molar refractivity (Wildman–Crippen MR) is 62.9 cm³/mol. The summed E-state index contributed by atoms with van der Waals surface area (Å²) < 4.78 is 44.0. The number of hydrogen-bond acceptors (Lipinski definition) is 2. The smallest absolute Gasteiger partial charge is 0.399 e. The van der Waals surface area contributed by atoms with E-state index in [1.807, 2.05) is 0 Å². The molecule has 0 bridgehead atoms. The van der Waals surface area contributed by atoms with Gasteiger partial charge >= 0.3 is 6.18 Å². The van der Waals surface area contributed by atoms with Crippen molar-refractivity contribution >= 4 is 5.69 Å². The van der Waals surface area contributed by atoms with Crippen molar-refractivity contribution < 1.29 is 17.9 Å². The lowest BCUT2D eigenvalue weighted by Crippen LogP contribution is -2.13. The molecule has 0 spiro atoms. The van der Waals surface area contributed by atoms with E-state index in [-0.39, 0.29) is 24.0 Å². The molecule has 1 aliphatic rings. The van der Waals surface area contributed by atoms with E-state index in [1.165, 1.54) is 12.1 Å². The number of nitrogens with two attached hydrogens (primary N) is 1. The van der Waals surface area contributed by atoms with Gasteiger partial charge in [0.15, 0.2) is 0 Å². The maximum absolute atomic E-state index is 12.8. The molecular weight excluding hydrogens is 243 g/mol. The summed E-state index contributed by atoms with van der Waals surface area (Å²) in [4.78, 5) is 0. The summed E-state index contributed by atoms with van der Waals surface area (Å²) in [6, 6.07) is 3.84. The van der Waals surface area contributed by atoms with Crippen molar-refractivity contribution in [3.8, 4) is 0 Å². The average Bonchev–Trinajstić information content (AvgIpc) is 2.79. The predicted octanol–water partition coefficient (Wildman–Crippen LogP) is 3.75. The molecule has 1 aromatic carbocycles. The van der Waals surface area contributed by atoms with Crippen LogP contribution in [0.1, 0.15) is 36.8 Å². The van der Waals surface area contributed by atoms with Crippen molar-refractivity contribution in [2.75, 3.05) is 5.73 Å². The molecule has 1 fully saturated rings. The maximum Gasteiger partial charge on any atom is 0.416 e. The Hall–Kier alpha value is -1.23. The van der Waals surface area contributed by atoms with E-state index in [0.29, 0.717) is 0 Å². The van der Waals surface area contributed by atoms with Crippen molar-refractivity contribution in [3.05, 3.63) is 29.3 Å². The molecule has 18 heavy (non-hydrogen) atoms. The van der Waals surface area contributed by atoms with E-state index < -0.39 is 11.7 Å². The lowest BCUT2D eigenvalue weighted by atomic mass is 10.1. The SMILES string of the molecule is Nc1ccc(COC2CCCC2)c(C(F)(F)F)c1. The molecule has 0 atom stereocenters. The lowest BCUT2D eigenvalue weighted by Gasteiger charge is -2.16. The second kappa shape index (κ2) is 5.18. The first-order valence-corrected chi connectivity index (χ1v) is 6.04. The summed E-state index contributed by atoms with van der Waals surface area (Å²) >= 11 is 0. The van der Waals surface area contributed by atoms with Crippen LogP contribution in [0.5, 0.6) is 0 Å². The van der Waals surface area contributed by atoms with E-state index in [0.717, 1.165) is 31.7 Å². The van der Waals surface area contributed by atoms with E-state index in [1.54, 1.807) is 0 Å². The molecule has 0 heterocycles. The second-order valence-corrected chi connectivity index (χ2v) is 4.63. The monoisotopic (exact) mass is 259 g/mol. The van der Waals surface area contributed by atoms with Crippen LogP contribution in [0, 0.1) is 0 Å². The zero-order valence-electron chi connectivity index (χ0n) is 9.96. The molecule has 0 unspecified atom stereocenters. The fourth-order valence-corrected chi connectivity index (χ4v) is 2.25. The Morgan fingerprint density at radius 3 is 2.50 bits per heavy atom. The molecule has 2 rings (SSSR count).